The second-order valence-electron chi connectivity index (χ2n) is 5.67. The van der Waals surface area contributed by atoms with Gasteiger partial charge in [-0.1, -0.05) is 13.8 Å². The Labute approximate surface area is 121 Å². The number of ether oxygens (including phenoxy) is 1. The molecule has 5 heteroatoms. The minimum Gasteiger partial charge on any atom is -0.368 e. The first-order valence-corrected chi connectivity index (χ1v) is 7.86. The van der Waals surface area contributed by atoms with Crippen molar-refractivity contribution in [3.63, 3.8) is 0 Å². The highest BCUT2D eigenvalue weighted by Gasteiger charge is 2.32. The van der Waals surface area contributed by atoms with Crippen LogP contribution >= 0.6 is 0 Å². The average molecular weight is 282 g/mol. The SMILES string of the molecule is CCC(CC)C(=O)N1CCN(C(=O)C2CCCO2)CC1. The van der Waals surface area contributed by atoms with Crippen molar-refractivity contribution in [3.05, 3.63) is 0 Å². The molecule has 0 radical (unpaired) electrons. The van der Waals surface area contributed by atoms with Gasteiger partial charge in [-0.25, -0.2) is 0 Å². The van der Waals surface area contributed by atoms with Crippen molar-refractivity contribution in [1.29, 1.82) is 0 Å². The maximum absolute atomic E-state index is 12.3. The van der Waals surface area contributed by atoms with Crippen LogP contribution in [0.2, 0.25) is 0 Å². The fraction of sp³-hybridized carbons (Fsp3) is 0.867. The van der Waals surface area contributed by atoms with Crippen LogP contribution in [-0.2, 0) is 14.3 Å². The van der Waals surface area contributed by atoms with E-state index < -0.39 is 0 Å². The lowest BCUT2D eigenvalue weighted by Gasteiger charge is -2.37. The van der Waals surface area contributed by atoms with Crippen molar-refractivity contribution in [3.8, 4) is 0 Å². The number of carbonyl (C=O) groups is 2. The number of carbonyl (C=O) groups excluding carboxylic acids is 2. The maximum atomic E-state index is 12.3. The fourth-order valence-electron chi connectivity index (χ4n) is 3.02. The Morgan fingerprint density at radius 1 is 1.10 bits per heavy atom. The molecular formula is C15H26N2O3. The smallest absolute Gasteiger partial charge is 0.251 e. The molecule has 2 amide bonds. The highest BCUT2D eigenvalue weighted by atomic mass is 16.5. The standard InChI is InChI=1S/C15H26N2O3/c1-3-12(4-2)14(18)16-7-9-17(10-8-16)15(19)13-6-5-11-20-13/h12-13H,3-11H2,1-2H3. The molecule has 0 bridgehead atoms. The van der Waals surface area contributed by atoms with E-state index in [-0.39, 0.29) is 23.8 Å². The minimum absolute atomic E-state index is 0.108. The number of hydrogen-bond acceptors (Lipinski definition) is 3. The predicted molar refractivity (Wildman–Crippen MR) is 76.2 cm³/mol. The highest BCUT2D eigenvalue weighted by Crippen LogP contribution is 2.17. The van der Waals surface area contributed by atoms with Crippen molar-refractivity contribution in [2.75, 3.05) is 32.8 Å². The summed E-state index contributed by atoms with van der Waals surface area (Å²) in [5, 5.41) is 0. The summed E-state index contributed by atoms with van der Waals surface area (Å²) in [6, 6.07) is 0. The summed E-state index contributed by atoms with van der Waals surface area (Å²) in [4.78, 5) is 28.3. The van der Waals surface area contributed by atoms with Crippen molar-refractivity contribution in [2.45, 2.75) is 45.6 Å². The van der Waals surface area contributed by atoms with Gasteiger partial charge in [0.2, 0.25) is 5.91 Å². The van der Waals surface area contributed by atoms with E-state index in [0.29, 0.717) is 32.8 Å². The molecule has 2 aliphatic heterocycles. The van der Waals surface area contributed by atoms with E-state index in [2.05, 4.69) is 13.8 Å². The van der Waals surface area contributed by atoms with Crippen LogP contribution in [0.1, 0.15) is 39.5 Å². The van der Waals surface area contributed by atoms with Crippen LogP contribution in [0.3, 0.4) is 0 Å². The molecule has 0 aromatic rings. The Hall–Kier alpha value is -1.10. The number of hydrogen-bond donors (Lipinski definition) is 0. The normalized spacial score (nSPS) is 23.4. The molecule has 0 aromatic heterocycles. The van der Waals surface area contributed by atoms with Crippen molar-refractivity contribution in [1.82, 2.24) is 9.80 Å². The lowest BCUT2D eigenvalue weighted by atomic mass is 10.0. The molecule has 20 heavy (non-hydrogen) atoms. The number of nitrogens with zero attached hydrogens (tertiary/aromatic N) is 2. The molecule has 2 saturated heterocycles. The van der Waals surface area contributed by atoms with Crippen molar-refractivity contribution >= 4 is 11.8 Å². The third-order valence-electron chi connectivity index (χ3n) is 4.44. The molecule has 0 spiro atoms. The van der Waals surface area contributed by atoms with Gasteiger partial charge < -0.3 is 14.5 Å². The lowest BCUT2D eigenvalue weighted by Crippen LogP contribution is -2.53. The molecule has 2 heterocycles. The lowest BCUT2D eigenvalue weighted by molar-refractivity contribution is -0.147. The molecule has 0 saturated carbocycles. The zero-order valence-corrected chi connectivity index (χ0v) is 12.6. The van der Waals surface area contributed by atoms with Crippen molar-refractivity contribution in [2.24, 2.45) is 5.92 Å². The molecule has 2 fully saturated rings. The molecule has 0 N–H and O–H groups in total. The second kappa shape index (κ2) is 7.07. The van der Waals surface area contributed by atoms with Gasteiger partial charge in [0.1, 0.15) is 6.10 Å². The van der Waals surface area contributed by atoms with E-state index in [1.54, 1.807) is 0 Å². The maximum Gasteiger partial charge on any atom is 0.251 e. The van der Waals surface area contributed by atoms with Gasteiger partial charge in [-0.05, 0) is 25.7 Å². The average Bonchev–Trinajstić information content (AvgIpc) is 3.02. The molecule has 1 atom stereocenters. The van der Waals surface area contributed by atoms with Crippen LogP contribution in [0.25, 0.3) is 0 Å². The summed E-state index contributed by atoms with van der Waals surface area (Å²) < 4.78 is 5.44. The third kappa shape index (κ3) is 3.32. The Morgan fingerprint density at radius 2 is 1.70 bits per heavy atom. The predicted octanol–water partition coefficient (Wildman–Crippen LogP) is 1.27. The molecule has 2 rings (SSSR count). The van der Waals surface area contributed by atoms with Gasteiger partial charge >= 0.3 is 0 Å². The topological polar surface area (TPSA) is 49.9 Å². The van der Waals surface area contributed by atoms with Crippen LogP contribution in [0, 0.1) is 5.92 Å². The molecule has 0 aliphatic carbocycles. The summed E-state index contributed by atoms with van der Waals surface area (Å²) in [6.07, 6.45) is 3.36. The van der Waals surface area contributed by atoms with Crippen LogP contribution in [0.4, 0.5) is 0 Å². The van der Waals surface area contributed by atoms with Crippen LogP contribution < -0.4 is 0 Å². The van der Waals surface area contributed by atoms with Gasteiger partial charge in [-0.15, -0.1) is 0 Å². The van der Waals surface area contributed by atoms with Crippen LogP contribution in [0.15, 0.2) is 0 Å². The quantitative estimate of drug-likeness (QED) is 0.780. The summed E-state index contributed by atoms with van der Waals surface area (Å²) in [7, 11) is 0. The van der Waals surface area contributed by atoms with Crippen LogP contribution in [-0.4, -0.2) is 60.5 Å². The molecule has 2 aliphatic rings. The first-order valence-electron chi connectivity index (χ1n) is 7.86. The highest BCUT2D eigenvalue weighted by molar-refractivity contribution is 5.82. The Balaban J connectivity index is 1.82. The Kier molecular flexibility index (Phi) is 5.40. The summed E-state index contributed by atoms with van der Waals surface area (Å²) in [5.41, 5.74) is 0. The second-order valence-corrected chi connectivity index (χ2v) is 5.67. The van der Waals surface area contributed by atoms with Crippen LogP contribution in [0.5, 0.6) is 0 Å². The Bertz CT molecular complexity index is 319. The first-order chi connectivity index (χ1) is 9.67. The summed E-state index contributed by atoms with van der Waals surface area (Å²) in [6.45, 7) is 7.42. The molecule has 1 unspecified atom stereocenters. The largest absolute Gasteiger partial charge is 0.368 e. The fourth-order valence-corrected chi connectivity index (χ4v) is 3.02. The van der Waals surface area contributed by atoms with E-state index in [1.807, 2.05) is 9.80 Å². The summed E-state index contributed by atoms with van der Waals surface area (Å²) in [5.74, 6) is 0.492. The van der Waals surface area contributed by atoms with E-state index in [9.17, 15) is 9.59 Å². The van der Waals surface area contributed by atoms with Gasteiger partial charge in [0.15, 0.2) is 0 Å². The van der Waals surface area contributed by atoms with Gasteiger partial charge in [0, 0.05) is 38.7 Å². The monoisotopic (exact) mass is 282 g/mol. The van der Waals surface area contributed by atoms with Gasteiger partial charge in [-0.2, -0.15) is 0 Å². The minimum atomic E-state index is -0.240. The zero-order valence-electron chi connectivity index (χ0n) is 12.6. The van der Waals surface area contributed by atoms with Gasteiger partial charge in [0.05, 0.1) is 0 Å². The molecule has 0 aromatic carbocycles. The Morgan fingerprint density at radius 3 is 2.20 bits per heavy atom. The first kappa shape index (κ1) is 15.3. The number of amides is 2. The zero-order chi connectivity index (χ0) is 14.5. The third-order valence-corrected chi connectivity index (χ3v) is 4.44. The van der Waals surface area contributed by atoms with E-state index in [4.69, 9.17) is 4.74 Å². The van der Waals surface area contributed by atoms with Gasteiger partial charge in [0.25, 0.3) is 5.91 Å². The number of rotatable bonds is 4. The van der Waals surface area contributed by atoms with E-state index in [0.717, 1.165) is 25.7 Å². The number of piperazine rings is 1. The molecular weight excluding hydrogens is 256 g/mol. The summed E-state index contributed by atoms with van der Waals surface area (Å²) >= 11 is 0. The molecule has 114 valence electrons. The van der Waals surface area contributed by atoms with Gasteiger partial charge in [-0.3, -0.25) is 9.59 Å². The van der Waals surface area contributed by atoms with E-state index >= 15 is 0 Å². The molecule has 5 nitrogen and oxygen atoms in total. The van der Waals surface area contributed by atoms with E-state index in [1.165, 1.54) is 0 Å². The van der Waals surface area contributed by atoms with Crippen molar-refractivity contribution < 1.29 is 14.3 Å².